The van der Waals surface area contributed by atoms with Gasteiger partial charge >= 0.3 is 0 Å². The molecule has 16 heavy (non-hydrogen) atoms. The summed E-state index contributed by atoms with van der Waals surface area (Å²) in [5.74, 6) is 0.250. The van der Waals surface area contributed by atoms with E-state index in [9.17, 15) is 0 Å². The fourth-order valence-electron chi connectivity index (χ4n) is 1.46. The van der Waals surface area contributed by atoms with E-state index in [1.165, 1.54) is 0 Å². The first-order valence-corrected chi connectivity index (χ1v) is 5.18. The standard InChI is InChI=1S/C10H19N5O/c1-8(6-10(11)13-16)14(2)7-9-4-5-15(3)12-9/h4-5,8,16H,6-7H2,1-3H3,(H2,11,13). The van der Waals surface area contributed by atoms with Crippen LogP contribution in [0.25, 0.3) is 0 Å². The molecular formula is C10H19N5O. The second kappa shape index (κ2) is 5.50. The Morgan fingerprint density at radius 2 is 2.44 bits per heavy atom. The van der Waals surface area contributed by atoms with Gasteiger partial charge in [0.2, 0.25) is 0 Å². The highest BCUT2D eigenvalue weighted by Gasteiger charge is 2.12. The molecule has 90 valence electrons. The van der Waals surface area contributed by atoms with Crippen molar-refractivity contribution in [3.63, 3.8) is 0 Å². The molecule has 1 atom stereocenters. The van der Waals surface area contributed by atoms with Crippen LogP contribution in [0.1, 0.15) is 19.0 Å². The molecule has 1 unspecified atom stereocenters. The Morgan fingerprint density at radius 3 is 2.94 bits per heavy atom. The summed E-state index contributed by atoms with van der Waals surface area (Å²) >= 11 is 0. The summed E-state index contributed by atoms with van der Waals surface area (Å²) < 4.78 is 1.78. The van der Waals surface area contributed by atoms with Crippen molar-refractivity contribution in [2.45, 2.75) is 25.9 Å². The van der Waals surface area contributed by atoms with Gasteiger partial charge in [0.25, 0.3) is 0 Å². The molecule has 0 bridgehead atoms. The van der Waals surface area contributed by atoms with Crippen LogP contribution in [-0.4, -0.2) is 38.8 Å². The molecule has 0 aliphatic carbocycles. The molecule has 6 nitrogen and oxygen atoms in total. The van der Waals surface area contributed by atoms with Gasteiger partial charge in [-0.3, -0.25) is 9.58 Å². The average Bonchev–Trinajstić information content (AvgIpc) is 2.63. The second-order valence-electron chi connectivity index (χ2n) is 4.04. The molecule has 1 rings (SSSR count). The first-order chi connectivity index (χ1) is 7.52. The van der Waals surface area contributed by atoms with Crippen LogP contribution in [0.2, 0.25) is 0 Å². The minimum absolute atomic E-state index is 0.206. The van der Waals surface area contributed by atoms with Crippen molar-refractivity contribution >= 4 is 5.84 Å². The van der Waals surface area contributed by atoms with Gasteiger partial charge in [0.15, 0.2) is 0 Å². The lowest BCUT2D eigenvalue weighted by molar-refractivity contribution is 0.247. The minimum atomic E-state index is 0.206. The number of amidine groups is 1. The quantitative estimate of drug-likeness (QED) is 0.328. The highest BCUT2D eigenvalue weighted by molar-refractivity contribution is 5.80. The zero-order valence-corrected chi connectivity index (χ0v) is 9.96. The zero-order chi connectivity index (χ0) is 12.1. The van der Waals surface area contributed by atoms with Crippen molar-refractivity contribution in [1.29, 1.82) is 0 Å². The van der Waals surface area contributed by atoms with Crippen LogP contribution in [0.3, 0.4) is 0 Å². The molecule has 0 aliphatic heterocycles. The van der Waals surface area contributed by atoms with E-state index in [1.807, 2.05) is 33.3 Å². The predicted octanol–water partition coefficient (Wildman–Crippen LogP) is 0.377. The molecule has 1 aromatic rings. The molecule has 0 saturated carbocycles. The van der Waals surface area contributed by atoms with Crippen molar-refractivity contribution in [1.82, 2.24) is 14.7 Å². The number of hydrogen-bond donors (Lipinski definition) is 2. The molecule has 0 spiro atoms. The summed E-state index contributed by atoms with van der Waals surface area (Å²) in [6.07, 6.45) is 2.46. The van der Waals surface area contributed by atoms with Gasteiger partial charge in [-0.1, -0.05) is 5.16 Å². The van der Waals surface area contributed by atoms with Crippen LogP contribution < -0.4 is 5.73 Å². The van der Waals surface area contributed by atoms with Gasteiger partial charge in [0.1, 0.15) is 5.84 Å². The Hall–Kier alpha value is -1.56. The van der Waals surface area contributed by atoms with Crippen LogP contribution >= 0.6 is 0 Å². The van der Waals surface area contributed by atoms with Gasteiger partial charge in [-0.05, 0) is 20.0 Å². The van der Waals surface area contributed by atoms with E-state index in [-0.39, 0.29) is 11.9 Å². The fraction of sp³-hybridized carbons (Fsp3) is 0.600. The van der Waals surface area contributed by atoms with E-state index in [1.54, 1.807) is 4.68 Å². The molecule has 3 N–H and O–H groups in total. The highest BCUT2D eigenvalue weighted by atomic mass is 16.4. The van der Waals surface area contributed by atoms with Gasteiger partial charge in [0.05, 0.1) is 5.69 Å². The number of oxime groups is 1. The monoisotopic (exact) mass is 225 g/mol. The lowest BCUT2D eigenvalue weighted by atomic mass is 10.2. The molecule has 0 aliphatic rings. The third kappa shape index (κ3) is 3.54. The summed E-state index contributed by atoms with van der Waals surface area (Å²) in [5.41, 5.74) is 6.47. The Bertz CT molecular complexity index is 360. The van der Waals surface area contributed by atoms with Crippen molar-refractivity contribution in [2.24, 2.45) is 17.9 Å². The Morgan fingerprint density at radius 1 is 1.75 bits per heavy atom. The van der Waals surface area contributed by atoms with Crippen molar-refractivity contribution in [3.05, 3.63) is 18.0 Å². The summed E-state index contributed by atoms with van der Waals surface area (Å²) in [6, 6.07) is 2.19. The molecule has 0 fully saturated rings. The maximum Gasteiger partial charge on any atom is 0.140 e. The van der Waals surface area contributed by atoms with Gasteiger partial charge in [-0.25, -0.2) is 0 Å². The van der Waals surface area contributed by atoms with Crippen LogP contribution in [-0.2, 0) is 13.6 Å². The highest BCUT2D eigenvalue weighted by Crippen LogP contribution is 2.06. The topological polar surface area (TPSA) is 79.7 Å². The number of rotatable bonds is 5. The van der Waals surface area contributed by atoms with Crippen LogP contribution in [0, 0.1) is 0 Å². The average molecular weight is 225 g/mol. The number of nitrogens with two attached hydrogens (primary N) is 1. The summed E-state index contributed by atoms with van der Waals surface area (Å²) in [5, 5.41) is 15.8. The number of aromatic nitrogens is 2. The Labute approximate surface area is 95.3 Å². The van der Waals surface area contributed by atoms with E-state index in [2.05, 4.69) is 15.2 Å². The maximum atomic E-state index is 8.49. The molecule has 0 radical (unpaired) electrons. The lowest BCUT2D eigenvalue weighted by Gasteiger charge is -2.23. The summed E-state index contributed by atoms with van der Waals surface area (Å²) in [6.45, 7) is 2.78. The first-order valence-electron chi connectivity index (χ1n) is 5.18. The van der Waals surface area contributed by atoms with E-state index >= 15 is 0 Å². The largest absolute Gasteiger partial charge is 0.409 e. The number of nitrogens with zero attached hydrogens (tertiary/aromatic N) is 4. The second-order valence-corrected chi connectivity index (χ2v) is 4.04. The lowest BCUT2D eigenvalue weighted by Crippen LogP contribution is -2.32. The molecule has 0 amide bonds. The first kappa shape index (κ1) is 12.5. The molecular weight excluding hydrogens is 206 g/mol. The van der Waals surface area contributed by atoms with Crippen LogP contribution in [0.4, 0.5) is 0 Å². The summed E-state index contributed by atoms with van der Waals surface area (Å²) in [7, 11) is 3.88. The van der Waals surface area contributed by atoms with Gasteiger partial charge < -0.3 is 10.9 Å². The third-order valence-corrected chi connectivity index (χ3v) is 2.57. The van der Waals surface area contributed by atoms with Gasteiger partial charge in [-0.15, -0.1) is 0 Å². The Balaban J connectivity index is 2.48. The Kier molecular flexibility index (Phi) is 4.30. The van der Waals surface area contributed by atoms with Crippen molar-refractivity contribution in [2.75, 3.05) is 7.05 Å². The van der Waals surface area contributed by atoms with E-state index < -0.39 is 0 Å². The number of aryl methyl sites for hydroxylation is 1. The molecule has 1 aromatic heterocycles. The number of hydrogen-bond acceptors (Lipinski definition) is 4. The molecule has 0 aromatic carbocycles. The van der Waals surface area contributed by atoms with Gasteiger partial charge in [-0.2, -0.15) is 5.10 Å². The normalized spacial score (nSPS) is 14.4. The van der Waals surface area contributed by atoms with Gasteiger partial charge in [0, 0.05) is 32.3 Å². The third-order valence-electron chi connectivity index (χ3n) is 2.57. The van der Waals surface area contributed by atoms with E-state index in [0.29, 0.717) is 6.42 Å². The predicted molar refractivity (Wildman–Crippen MR) is 62.2 cm³/mol. The minimum Gasteiger partial charge on any atom is -0.409 e. The van der Waals surface area contributed by atoms with E-state index in [0.717, 1.165) is 12.2 Å². The fourth-order valence-corrected chi connectivity index (χ4v) is 1.46. The zero-order valence-electron chi connectivity index (χ0n) is 9.96. The maximum absolute atomic E-state index is 8.49. The smallest absolute Gasteiger partial charge is 0.140 e. The van der Waals surface area contributed by atoms with Crippen molar-refractivity contribution < 1.29 is 5.21 Å². The summed E-state index contributed by atoms with van der Waals surface area (Å²) in [4.78, 5) is 2.11. The molecule has 0 saturated heterocycles. The molecule has 1 heterocycles. The molecule has 6 heteroatoms. The van der Waals surface area contributed by atoms with Crippen LogP contribution in [0.5, 0.6) is 0 Å². The van der Waals surface area contributed by atoms with E-state index in [4.69, 9.17) is 10.9 Å². The van der Waals surface area contributed by atoms with Crippen LogP contribution in [0.15, 0.2) is 17.4 Å². The SMILES string of the molecule is CC(C/C(N)=N/O)N(C)Cc1ccn(C)n1. The van der Waals surface area contributed by atoms with Crippen molar-refractivity contribution in [3.8, 4) is 0 Å².